The molecule has 0 bridgehead atoms. The highest BCUT2D eigenvalue weighted by Crippen LogP contribution is 2.33. The summed E-state index contributed by atoms with van der Waals surface area (Å²) in [5, 5.41) is 0. The summed E-state index contributed by atoms with van der Waals surface area (Å²) in [5.74, 6) is -0.789. The molecular weight excluding hydrogens is 283 g/mol. The molecule has 0 aromatic heterocycles. The largest absolute Gasteiger partial charge is 0.416 e. The maximum atomic E-state index is 12.5. The van der Waals surface area contributed by atoms with Crippen molar-refractivity contribution in [1.29, 1.82) is 0 Å². The lowest BCUT2D eigenvalue weighted by Crippen LogP contribution is -2.19. The number of hydrogen-bond donors (Lipinski definition) is 1. The zero-order valence-corrected chi connectivity index (χ0v) is 11.5. The molecule has 0 atom stereocenters. The van der Waals surface area contributed by atoms with Crippen LogP contribution < -0.4 is 10.6 Å². The molecule has 0 aliphatic heterocycles. The van der Waals surface area contributed by atoms with Crippen molar-refractivity contribution in [2.24, 2.45) is 10.7 Å². The number of nitrogens with zero attached hydrogens (tertiary/aromatic N) is 2. The average molecular weight is 299 g/mol. The van der Waals surface area contributed by atoms with Crippen LogP contribution in [0.2, 0.25) is 0 Å². The third-order valence-corrected chi connectivity index (χ3v) is 2.37. The van der Waals surface area contributed by atoms with Gasteiger partial charge >= 0.3 is 6.18 Å². The third-order valence-electron chi connectivity index (χ3n) is 2.37. The first-order chi connectivity index (χ1) is 9.68. The van der Waals surface area contributed by atoms with Gasteiger partial charge in [0.25, 0.3) is 5.91 Å². The van der Waals surface area contributed by atoms with E-state index in [0.717, 1.165) is 18.2 Å². The van der Waals surface area contributed by atoms with Crippen LogP contribution in [0.15, 0.2) is 48.7 Å². The van der Waals surface area contributed by atoms with Gasteiger partial charge in [0.05, 0.1) is 16.8 Å². The van der Waals surface area contributed by atoms with Gasteiger partial charge in [0.15, 0.2) is 0 Å². The predicted molar refractivity (Wildman–Crippen MR) is 78.3 cm³/mol. The van der Waals surface area contributed by atoms with E-state index in [1.54, 1.807) is 0 Å². The molecule has 0 saturated heterocycles. The molecule has 1 aromatic carbocycles. The van der Waals surface area contributed by atoms with Crippen molar-refractivity contribution in [1.82, 2.24) is 0 Å². The van der Waals surface area contributed by atoms with Crippen molar-refractivity contribution in [3.05, 3.63) is 54.9 Å². The van der Waals surface area contributed by atoms with E-state index in [1.807, 2.05) is 0 Å². The average Bonchev–Trinajstić information content (AvgIpc) is 2.44. The van der Waals surface area contributed by atoms with Crippen LogP contribution in [0.3, 0.4) is 0 Å². The van der Waals surface area contributed by atoms with Crippen molar-refractivity contribution < 1.29 is 18.0 Å². The molecule has 1 amide bonds. The van der Waals surface area contributed by atoms with E-state index in [1.165, 1.54) is 24.3 Å². The highest BCUT2D eigenvalue weighted by molar-refractivity contribution is 5.99. The second-order valence-electron chi connectivity index (χ2n) is 3.75. The molecule has 0 saturated carbocycles. The molecule has 0 radical (unpaired) electrons. The van der Waals surface area contributed by atoms with E-state index in [-0.39, 0.29) is 11.3 Å². The number of amides is 1. The standard InChI is InChI=1S/C11H11F3N2O.C3H5N/c1-3-16(2)9-6-7(11(12,13)14)4-5-8(9)10(15)17;1-3-4-2/h3-6H,1H2,2H3,(H2,15,17);3H,1-2H2. The molecule has 0 spiro atoms. The Morgan fingerprint density at radius 1 is 1.38 bits per heavy atom. The summed E-state index contributed by atoms with van der Waals surface area (Å²) in [6.45, 7) is 9.78. The van der Waals surface area contributed by atoms with Gasteiger partial charge in [-0.25, -0.2) is 0 Å². The van der Waals surface area contributed by atoms with Gasteiger partial charge in [-0.15, -0.1) is 0 Å². The van der Waals surface area contributed by atoms with E-state index in [9.17, 15) is 18.0 Å². The van der Waals surface area contributed by atoms with Crippen LogP contribution in [0.5, 0.6) is 0 Å². The van der Waals surface area contributed by atoms with Crippen molar-refractivity contribution in [3.63, 3.8) is 0 Å². The molecule has 0 heterocycles. The quantitative estimate of drug-likeness (QED) is 0.868. The second kappa shape index (κ2) is 7.88. The number of benzene rings is 1. The molecule has 0 aliphatic carbocycles. The normalized spacial score (nSPS) is 9.90. The van der Waals surface area contributed by atoms with Crippen LogP contribution in [0.1, 0.15) is 15.9 Å². The van der Waals surface area contributed by atoms with Crippen LogP contribution in [0, 0.1) is 0 Å². The van der Waals surface area contributed by atoms with E-state index < -0.39 is 17.6 Å². The van der Waals surface area contributed by atoms with Gasteiger partial charge in [0.1, 0.15) is 0 Å². The van der Waals surface area contributed by atoms with Gasteiger partial charge in [-0.1, -0.05) is 13.2 Å². The number of halogens is 3. The van der Waals surface area contributed by atoms with Gasteiger partial charge in [-0.2, -0.15) is 13.2 Å². The Hall–Kier alpha value is -2.57. The maximum Gasteiger partial charge on any atom is 0.416 e. The molecule has 1 rings (SSSR count). The molecular formula is C14H16F3N3O. The molecule has 0 fully saturated rings. The van der Waals surface area contributed by atoms with Crippen LogP contribution in [0.4, 0.5) is 18.9 Å². The number of nitrogens with two attached hydrogens (primary N) is 1. The lowest BCUT2D eigenvalue weighted by Gasteiger charge is -2.18. The number of hydrogen-bond acceptors (Lipinski definition) is 3. The minimum atomic E-state index is -4.47. The van der Waals surface area contributed by atoms with Crippen LogP contribution >= 0.6 is 0 Å². The van der Waals surface area contributed by atoms with Gasteiger partial charge < -0.3 is 10.6 Å². The van der Waals surface area contributed by atoms with E-state index in [2.05, 4.69) is 24.9 Å². The van der Waals surface area contributed by atoms with E-state index >= 15 is 0 Å². The molecule has 1 aromatic rings. The number of carbonyl (C=O) groups excluding carboxylic acids is 1. The summed E-state index contributed by atoms with van der Waals surface area (Å²) in [7, 11) is 1.48. The Balaban J connectivity index is 0.000000885. The molecule has 0 aliphatic rings. The summed E-state index contributed by atoms with van der Waals surface area (Å²) in [5.41, 5.74) is 4.33. The fourth-order valence-electron chi connectivity index (χ4n) is 1.31. The van der Waals surface area contributed by atoms with Crippen molar-refractivity contribution in [2.75, 3.05) is 11.9 Å². The Kier molecular flexibility index (Phi) is 6.92. The summed E-state index contributed by atoms with van der Waals surface area (Å²) in [6.07, 6.45) is -1.78. The molecule has 7 heteroatoms. The number of alkyl halides is 3. The number of aliphatic imine (C=N–C) groups is 1. The summed E-state index contributed by atoms with van der Waals surface area (Å²) < 4.78 is 37.5. The zero-order chi connectivity index (χ0) is 16.6. The number of carbonyl (C=O) groups is 1. The van der Waals surface area contributed by atoms with E-state index in [4.69, 9.17) is 5.73 Å². The van der Waals surface area contributed by atoms with E-state index in [0.29, 0.717) is 0 Å². The zero-order valence-electron chi connectivity index (χ0n) is 11.5. The Labute approximate surface area is 121 Å². The van der Waals surface area contributed by atoms with Crippen LogP contribution in [0.25, 0.3) is 0 Å². The summed E-state index contributed by atoms with van der Waals surface area (Å²) >= 11 is 0. The summed E-state index contributed by atoms with van der Waals surface area (Å²) in [4.78, 5) is 15.6. The van der Waals surface area contributed by atoms with Crippen molar-refractivity contribution in [2.45, 2.75) is 6.18 Å². The molecule has 114 valence electrons. The SMILES string of the molecule is C=CN(C)c1cc(C(F)(F)F)ccc1C(N)=O.C=CN=C. The lowest BCUT2D eigenvalue weighted by atomic mass is 10.1. The van der Waals surface area contributed by atoms with Crippen molar-refractivity contribution >= 4 is 18.3 Å². The fourth-order valence-corrected chi connectivity index (χ4v) is 1.31. The topological polar surface area (TPSA) is 58.7 Å². The molecule has 21 heavy (non-hydrogen) atoms. The van der Waals surface area contributed by atoms with Crippen molar-refractivity contribution in [3.8, 4) is 0 Å². The Morgan fingerprint density at radius 3 is 2.24 bits per heavy atom. The van der Waals surface area contributed by atoms with Crippen LogP contribution in [-0.2, 0) is 6.18 Å². The molecule has 0 unspecified atom stereocenters. The minimum absolute atomic E-state index is 0.0143. The minimum Gasteiger partial charge on any atom is -0.366 e. The first-order valence-electron chi connectivity index (χ1n) is 5.62. The van der Waals surface area contributed by atoms with Crippen LogP contribution in [-0.4, -0.2) is 19.7 Å². The van der Waals surface area contributed by atoms with Gasteiger partial charge in [0, 0.05) is 13.2 Å². The second-order valence-corrected chi connectivity index (χ2v) is 3.75. The third kappa shape index (κ3) is 5.52. The number of rotatable bonds is 4. The number of anilines is 1. The Morgan fingerprint density at radius 2 is 1.90 bits per heavy atom. The van der Waals surface area contributed by atoms with Gasteiger partial charge in [0.2, 0.25) is 0 Å². The fraction of sp³-hybridized carbons (Fsp3) is 0.143. The van der Waals surface area contributed by atoms with Gasteiger partial charge in [-0.05, 0) is 31.1 Å². The predicted octanol–water partition coefficient (Wildman–Crippen LogP) is 3.21. The lowest BCUT2D eigenvalue weighted by molar-refractivity contribution is -0.137. The molecule has 2 N–H and O–H groups in total. The Bertz CT molecular complexity index is 533. The first-order valence-corrected chi connectivity index (χ1v) is 5.62. The highest BCUT2D eigenvalue weighted by atomic mass is 19.4. The number of primary amides is 1. The maximum absolute atomic E-state index is 12.5. The highest BCUT2D eigenvalue weighted by Gasteiger charge is 2.31. The van der Waals surface area contributed by atoms with Gasteiger partial charge in [-0.3, -0.25) is 9.79 Å². The summed E-state index contributed by atoms with van der Waals surface area (Å²) in [6, 6.07) is 2.74. The monoisotopic (exact) mass is 299 g/mol. The smallest absolute Gasteiger partial charge is 0.366 e. The first kappa shape index (κ1) is 18.4. The molecule has 4 nitrogen and oxygen atoms in total.